The third kappa shape index (κ3) is 3.42. The summed E-state index contributed by atoms with van der Waals surface area (Å²) in [6.45, 7) is -0.0321. The molecule has 2 aliphatic heterocycles. The van der Waals surface area contributed by atoms with E-state index in [-0.39, 0.29) is 30.7 Å². The van der Waals surface area contributed by atoms with Crippen LogP contribution in [0.25, 0.3) is 0 Å². The summed E-state index contributed by atoms with van der Waals surface area (Å²) in [4.78, 5) is 38.0. The molecule has 1 saturated heterocycles. The minimum atomic E-state index is -0.728. The molecule has 9 heteroatoms. The summed E-state index contributed by atoms with van der Waals surface area (Å²) >= 11 is 0. The van der Waals surface area contributed by atoms with E-state index in [1.165, 1.54) is 14.2 Å². The first-order valence-electron chi connectivity index (χ1n) is 8.92. The topological polar surface area (TPSA) is 106 Å². The number of hydrogen-bond donors (Lipinski definition) is 2. The van der Waals surface area contributed by atoms with Crippen LogP contribution in [-0.2, 0) is 14.4 Å². The van der Waals surface area contributed by atoms with Gasteiger partial charge in [-0.05, 0) is 30.3 Å². The molecule has 4 rings (SSSR count). The number of nitrogens with one attached hydrogen (secondary N) is 2. The van der Waals surface area contributed by atoms with Gasteiger partial charge in [-0.1, -0.05) is 0 Å². The van der Waals surface area contributed by atoms with Crippen LogP contribution < -0.4 is 29.7 Å². The molecule has 2 aromatic rings. The zero-order chi connectivity index (χ0) is 20.5. The number of amides is 3. The average molecular weight is 397 g/mol. The van der Waals surface area contributed by atoms with E-state index in [1.54, 1.807) is 36.4 Å². The minimum absolute atomic E-state index is 0.00707. The van der Waals surface area contributed by atoms with Crippen LogP contribution in [0.5, 0.6) is 17.2 Å². The SMILES string of the molecule is COc1ccc(N2C(=O)C[C@H](Nc3ccc4c(c3)NC(=O)CO4)C2=O)cc1OC. The monoisotopic (exact) mass is 397 g/mol. The molecule has 150 valence electrons. The van der Waals surface area contributed by atoms with Gasteiger partial charge in [0.05, 0.1) is 32.0 Å². The number of carbonyl (C=O) groups excluding carboxylic acids is 3. The van der Waals surface area contributed by atoms with Gasteiger partial charge in [-0.15, -0.1) is 0 Å². The first kappa shape index (κ1) is 18.6. The van der Waals surface area contributed by atoms with E-state index >= 15 is 0 Å². The third-order valence-electron chi connectivity index (χ3n) is 4.73. The molecule has 0 radical (unpaired) electrons. The lowest BCUT2D eigenvalue weighted by molar-refractivity contribution is -0.121. The van der Waals surface area contributed by atoms with Crippen LogP contribution in [0.3, 0.4) is 0 Å². The molecule has 0 bridgehead atoms. The third-order valence-corrected chi connectivity index (χ3v) is 4.73. The Kier molecular flexibility index (Phi) is 4.71. The summed E-state index contributed by atoms with van der Waals surface area (Å²) in [5.41, 5.74) is 1.52. The highest BCUT2D eigenvalue weighted by Gasteiger charge is 2.40. The zero-order valence-corrected chi connectivity index (χ0v) is 15.9. The number of nitrogens with zero attached hydrogens (tertiary/aromatic N) is 1. The van der Waals surface area contributed by atoms with Gasteiger partial charge in [0.1, 0.15) is 11.8 Å². The van der Waals surface area contributed by atoms with Crippen LogP contribution in [0.2, 0.25) is 0 Å². The largest absolute Gasteiger partial charge is 0.493 e. The maximum absolute atomic E-state index is 12.9. The van der Waals surface area contributed by atoms with E-state index < -0.39 is 6.04 Å². The Morgan fingerprint density at radius 3 is 2.62 bits per heavy atom. The molecule has 1 atom stereocenters. The van der Waals surface area contributed by atoms with Gasteiger partial charge in [0.25, 0.3) is 11.8 Å². The van der Waals surface area contributed by atoms with Gasteiger partial charge in [0.15, 0.2) is 18.1 Å². The first-order valence-corrected chi connectivity index (χ1v) is 8.92. The highest BCUT2D eigenvalue weighted by Crippen LogP contribution is 2.35. The number of imide groups is 1. The molecule has 0 aromatic heterocycles. The Bertz CT molecular complexity index is 1010. The first-order chi connectivity index (χ1) is 14.0. The van der Waals surface area contributed by atoms with E-state index in [0.29, 0.717) is 34.3 Å². The van der Waals surface area contributed by atoms with Gasteiger partial charge < -0.3 is 24.8 Å². The minimum Gasteiger partial charge on any atom is -0.493 e. The van der Waals surface area contributed by atoms with E-state index in [1.807, 2.05) is 0 Å². The maximum Gasteiger partial charge on any atom is 0.262 e. The summed E-state index contributed by atoms with van der Waals surface area (Å²) in [5.74, 6) is 0.530. The summed E-state index contributed by atoms with van der Waals surface area (Å²) < 4.78 is 15.8. The van der Waals surface area contributed by atoms with E-state index in [2.05, 4.69) is 10.6 Å². The molecule has 0 unspecified atom stereocenters. The lowest BCUT2D eigenvalue weighted by Crippen LogP contribution is -2.34. The van der Waals surface area contributed by atoms with Crippen LogP contribution in [0, 0.1) is 0 Å². The predicted molar refractivity (Wildman–Crippen MR) is 105 cm³/mol. The Morgan fingerprint density at radius 1 is 1.07 bits per heavy atom. The van der Waals surface area contributed by atoms with Crippen molar-refractivity contribution in [3.05, 3.63) is 36.4 Å². The van der Waals surface area contributed by atoms with Crippen LogP contribution in [-0.4, -0.2) is 44.6 Å². The molecule has 2 aromatic carbocycles. The number of rotatable bonds is 5. The molecule has 2 N–H and O–H groups in total. The van der Waals surface area contributed by atoms with Gasteiger partial charge in [0.2, 0.25) is 5.91 Å². The fourth-order valence-electron chi connectivity index (χ4n) is 3.35. The molecule has 0 aliphatic carbocycles. The number of ether oxygens (including phenoxy) is 3. The van der Waals surface area contributed by atoms with Crippen LogP contribution in [0.15, 0.2) is 36.4 Å². The summed E-state index contributed by atoms with van der Waals surface area (Å²) in [5, 5.41) is 5.77. The van der Waals surface area contributed by atoms with E-state index in [4.69, 9.17) is 14.2 Å². The van der Waals surface area contributed by atoms with E-state index in [0.717, 1.165) is 4.90 Å². The van der Waals surface area contributed by atoms with Gasteiger partial charge in [-0.2, -0.15) is 0 Å². The highest BCUT2D eigenvalue weighted by atomic mass is 16.5. The number of fused-ring (bicyclic) bond motifs is 1. The fourth-order valence-corrected chi connectivity index (χ4v) is 3.35. The molecule has 9 nitrogen and oxygen atoms in total. The van der Waals surface area contributed by atoms with Crippen molar-refractivity contribution < 1.29 is 28.6 Å². The Morgan fingerprint density at radius 2 is 1.86 bits per heavy atom. The van der Waals surface area contributed by atoms with Crippen molar-refractivity contribution in [1.82, 2.24) is 0 Å². The predicted octanol–water partition coefficient (Wildman–Crippen LogP) is 1.78. The van der Waals surface area contributed by atoms with Crippen LogP contribution in [0.1, 0.15) is 6.42 Å². The van der Waals surface area contributed by atoms with Crippen LogP contribution in [0.4, 0.5) is 17.1 Å². The molecule has 0 saturated carbocycles. The Labute approximate surface area is 166 Å². The molecular weight excluding hydrogens is 378 g/mol. The molecule has 2 aliphatic rings. The van der Waals surface area contributed by atoms with Gasteiger partial charge >= 0.3 is 0 Å². The zero-order valence-electron chi connectivity index (χ0n) is 15.9. The summed E-state index contributed by atoms with van der Waals surface area (Å²) in [6, 6.07) is 9.23. The molecule has 2 heterocycles. The smallest absolute Gasteiger partial charge is 0.262 e. The second-order valence-electron chi connectivity index (χ2n) is 6.56. The highest BCUT2D eigenvalue weighted by molar-refractivity contribution is 6.23. The fraction of sp³-hybridized carbons (Fsp3) is 0.250. The average Bonchev–Trinajstić information content (AvgIpc) is 3.00. The lowest BCUT2D eigenvalue weighted by Gasteiger charge is -2.20. The number of carbonyl (C=O) groups is 3. The molecule has 0 spiro atoms. The number of hydrogen-bond acceptors (Lipinski definition) is 7. The quantitative estimate of drug-likeness (QED) is 0.741. The number of benzene rings is 2. The Balaban J connectivity index is 1.54. The molecule has 29 heavy (non-hydrogen) atoms. The lowest BCUT2D eigenvalue weighted by atomic mass is 10.2. The molecule has 1 fully saturated rings. The van der Waals surface area contributed by atoms with Crippen molar-refractivity contribution >= 4 is 34.8 Å². The van der Waals surface area contributed by atoms with E-state index in [9.17, 15) is 14.4 Å². The van der Waals surface area contributed by atoms with Crippen molar-refractivity contribution in [2.45, 2.75) is 12.5 Å². The summed E-state index contributed by atoms with van der Waals surface area (Å²) in [6.07, 6.45) is 0.00707. The van der Waals surface area contributed by atoms with Crippen molar-refractivity contribution in [2.24, 2.45) is 0 Å². The normalized spacial score (nSPS) is 18.1. The standard InChI is InChI=1S/C20H19N3O6/c1-27-16-6-4-12(8-17(16)28-2)23-19(25)9-14(20(23)26)21-11-3-5-15-13(7-11)22-18(24)10-29-15/h3-8,14,21H,9-10H2,1-2H3,(H,22,24)/t14-/m0/s1. The molecular formula is C20H19N3O6. The van der Waals surface area contributed by atoms with Crippen LogP contribution >= 0.6 is 0 Å². The van der Waals surface area contributed by atoms with Gasteiger partial charge in [-0.25, -0.2) is 4.90 Å². The second kappa shape index (κ2) is 7.34. The Hall–Kier alpha value is -3.75. The van der Waals surface area contributed by atoms with Gasteiger partial charge in [-0.3, -0.25) is 14.4 Å². The second-order valence-corrected chi connectivity index (χ2v) is 6.56. The van der Waals surface area contributed by atoms with Crippen molar-refractivity contribution in [2.75, 3.05) is 36.4 Å². The molecule has 3 amide bonds. The summed E-state index contributed by atoms with van der Waals surface area (Å²) in [7, 11) is 2.99. The maximum atomic E-state index is 12.9. The van der Waals surface area contributed by atoms with Gasteiger partial charge in [0, 0.05) is 11.8 Å². The number of methoxy groups -OCH3 is 2. The van der Waals surface area contributed by atoms with Crippen molar-refractivity contribution in [3.8, 4) is 17.2 Å². The van der Waals surface area contributed by atoms with Crippen molar-refractivity contribution in [1.29, 1.82) is 0 Å². The van der Waals surface area contributed by atoms with Crippen molar-refractivity contribution in [3.63, 3.8) is 0 Å². The number of anilines is 3.